The molecule has 0 bridgehead atoms. The second-order valence-corrected chi connectivity index (χ2v) is 8.59. The highest BCUT2D eigenvalue weighted by Crippen LogP contribution is 2.35. The number of urea groups is 1. The molecule has 0 unspecified atom stereocenters. The first-order chi connectivity index (χ1) is 9.29. The maximum absolute atomic E-state index is 12.0. The van der Waals surface area contributed by atoms with E-state index in [0.717, 1.165) is 0 Å². The second-order valence-electron chi connectivity index (χ2n) is 5.42. The van der Waals surface area contributed by atoms with Crippen LogP contribution in [0.3, 0.4) is 0 Å². The molecule has 0 saturated carbocycles. The van der Waals surface area contributed by atoms with E-state index in [1.807, 2.05) is 0 Å². The number of carbonyl (C=O) groups excluding carboxylic acids is 1. The quantitative estimate of drug-likeness (QED) is 0.750. The molecular formula is C12H22N2O4S2. The Hall–Kier alpha value is -0.600. The minimum Gasteiger partial charge on any atom is -0.480 e. The summed E-state index contributed by atoms with van der Waals surface area (Å²) in [6.07, 6.45) is 0. The van der Waals surface area contributed by atoms with Crippen molar-refractivity contribution in [2.45, 2.75) is 31.6 Å². The van der Waals surface area contributed by atoms with Gasteiger partial charge < -0.3 is 20.1 Å². The summed E-state index contributed by atoms with van der Waals surface area (Å²) in [5.74, 6) is -0.665. The number of aliphatic carboxylic acids is 1. The third-order valence-corrected chi connectivity index (χ3v) is 5.79. The molecule has 1 saturated heterocycles. The van der Waals surface area contributed by atoms with Gasteiger partial charge in [-0.2, -0.15) is 0 Å². The van der Waals surface area contributed by atoms with Crippen LogP contribution in [0.4, 0.5) is 4.79 Å². The van der Waals surface area contributed by atoms with Gasteiger partial charge in [-0.05, 0) is 0 Å². The summed E-state index contributed by atoms with van der Waals surface area (Å²) in [5.41, 5.74) is 0. The summed E-state index contributed by atoms with van der Waals surface area (Å²) in [4.78, 5) is 24.7. The molecule has 2 N–H and O–H groups in total. The molecule has 116 valence electrons. The SMILES string of the molecule is CC(C)(C)SSC[C@H](NC(=O)N1CCOCC1)C(=O)O. The lowest BCUT2D eigenvalue weighted by atomic mass is 10.3. The Bertz CT molecular complexity index is 341. The van der Waals surface area contributed by atoms with Crippen molar-refractivity contribution in [1.29, 1.82) is 0 Å². The standard InChI is InChI=1S/C12H22N2O4S2/c1-12(2,3)20-19-8-9(10(15)16)13-11(17)14-4-6-18-7-5-14/h9H,4-8H2,1-3H3,(H,13,17)(H,15,16)/t9-/m0/s1. The van der Waals surface area contributed by atoms with Crippen molar-refractivity contribution >= 4 is 33.6 Å². The number of nitrogens with zero attached hydrogens (tertiary/aromatic N) is 1. The van der Waals surface area contributed by atoms with Gasteiger partial charge in [-0.3, -0.25) is 0 Å². The number of nitrogens with one attached hydrogen (secondary N) is 1. The largest absolute Gasteiger partial charge is 0.480 e. The molecule has 6 nitrogen and oxygen atoms in total. The highest BCUT2D eigenvalue weighted by atomic mass is 33.1. The van der Waals surface area contributed by atoms with E-state index in [1.54, 1.807) is 15.7 Å². The zero-order valence-corrected chi connectivity index (χ0v) is 13.7. The number of carbonyl (C=O) groups is 2. The van der Waals surface area contributed by atoms with Crippen molar-refractivity contribution in [2.24, 2.45) is 0 Å². The van der Waals surface area contributed by atoms with Gasteiger partial charge in [-0.15, -0.1) is 0 Å². The van der Waals surface area contributed by atoms with E-state index in [4.69, 9.17) is 9.84 Å². The Morgan fingerprint density at radius 1 is 1.35 bits per heavy atom. The van der Waals surface area contributed by atoms with Gasteiger partial charge in [-0.25, -0.2) is 9.59 Å². The van der Waals surface area contributed by atoms with E-state index in [-0.39, 0.29) is 10.8 Å². The molecule has 20 heavy (non-hydrogen) atoms. The van der Waals surface area contributed by atoms with E-state index in [2.05, 4.69) is 26.1 Å². The van der Waals surface area contributed by atoms with Gasteiger partial charge in [0.15, 0.2) is 0 Å². The molecule has 8 heteroatoms. The van der Waals surface area contributed by atoms with Gasteiger partial charge in [0.05, 0.1) is 13.2 Å². The van der Waals surface area contributed by atoms with Gasteiger partial charge in [0.25, 0.3) is 0 Å². The summed E-state index contributed by atoms with van der Waals surface area (Å²) < 4.78 is 5.22. The van der Waals surface area contributed by atoms with Crippen LogP contribution in [0, 0.1) is 0 Å². The van der Waals surface area contributed by atoms with Crippen LogP contribution in [0.1, 0.15) is 20.8 Å². The summed E-state index contributed by atoms with van der Waals surface area (Å²) in [6.45, 7) is 8.19. The molecule has 1 aliphatic heterocycles. The molecule has 0 aliphatic carbocycles. The Morgan fingerprint density at radius 2 is 1.95 bits per heavy atom. The molecule has 1 aliphatic rings. The molecule has 0 aromatic heterocycles. The average molecular weight is 322 g/mol. The van der Waals surface area contributed by atoms with Crippen molar-refractivity contribution in [1.82, 2.24) is 10.2 Å². The fourth-order valence-electron chi connectivity index (χ4n) is 1.46. The molecular weight excluding hydrogens is 300 g/mol. The van der Waals surface area contributed by atoms with Crippen molar-refractivity contribution < 1.29 is 19.4 Å². The lowest BCUT2D eigenvalue weighted by Crippen LogP contribution is -2.52. The number of carboxylic acids is 1. The van der Waals surface area contributed by atoms with Crippen LogP contribution in [-0.2, 0) is 9.53 Å². The van der Waals surface area contributed by atoms with E-state index in [1.165, 1.54) is 10.8 Å². The maximum atomic E-state index is 12.0. The first-order valence-corrected chi connectivity index (χ1v) is 8.78. The number of hydrogen-bond acceptors (Lipinski definition) is 5. The van der Waals surface area contributed by atoms with Crippen molar-refractivity contribution in [3.63, 3.8) is 0 Å². The molecule has 0 radical (unpaired) electrons. The third kappa shape index (κ3) is 6.71. The molecule has 2 amide bonds. The fourth-order valence-corrected chi connectivity index (χ4v) is 3.92. The molecule has 1 fully saturated rings. The van der Waals surface area contributed by atoms with Gasteiger partial charge in [0.1, 0.15) is 6.04 Å². The monoisotopic (exact) mass is 322 g/mol. The summed E-state index contributed by atoms with van der Waals surface area (Å²) in [5, 5.41) is 11.7. The predicted octanol–water partition coefficient (Wildman–Crippen LogP) is 1.66. The number of morpholine rings is 1. The summed E-state index contributed by atoms with van der Waals surface area (Å²) >= 11 is 0. The van der Waals surface area contributed by atoms with Gasteiger partial charge in [0.2, 0.25) is 0 Å². The fraction of sp³-hybridized carbons (Fsp3) is 0.833. The van der Waals surface area contributed by atoms with Crippen LogP contribution >= 0.6 is 21.6 Å². The van der Waals surface area contributed by atoms with E-state index in [9.17, 15) is 9.59 Å². The number of rotatable bonds is 5. The van der Waals surface area contributed by atoms with Crippen LogP contribution in [-0.4, -0.2) is 64.9 Å². The summed E-state index contributed by atoms with van der Waals surface area (Å²) in [7, 11) is 3.07. The first-order valence-electron chi connectivity index (χ1n) is 6.46. The highest BCUT2D eigenvalue weighted by Gasteiger charge is 2.25. The minimum absolute atomic E-state index is 0.0575. The third-order valence-electron chi connectivity index (χ3n) is 2.44. The highest BCUT2D eigenvalue weighted by molar-refractivity contribution is 8.77. The first kappa shape index (κ1) is 17.5. The van der Waals surface area contributed by atoms with Crippen LogP contribution in [0.2, 0.25) is 0 Å². The number of ether oxygens (including phenoxy) is 1. The van der Waals surface area contributed by atoms with Crippen molar-refractivity contribution in [3.8, 4) is 0 Å². The van der Waals surface area contributed by atoms with Crippen LogP contribution in [0.5, 0.6) is 0 Å². The topological polar surface area (TPSA) is 78.9 Å². The smallest absolute Gasteiger partial charge is 0.327 e. The lowest BCUT2D eigenvalue weighted by molar-refractivity contribution is -0.138. The Labute approximate surface area is 127 Å². The Balaban J connectivity index is 2.41. The van der Waals surface area contributed by atoms with E-state index >= 15 is 0 Å². The number of hydrogen-bond donors (Lipinski definition) is 2. The minimum atomic E-state index is -1.01. The number of amides is 2. The zero-order valence-electron chi connectivity index (χ0n) is 12.0. The van der Waals surface area contributed by atoms with Crippen LogP contribution in [0.25, 0.3) is 0 Å². The maximum Gasteiger partial charge on any atom is 0.327 e. The van der Waals surface area contributed by atoms with Crippen molar-refractivity contribution in [3.05, 3.63) is 0 Å². The van der Waals surface area contributed by atoms with Crippen LogP contribution < -0.4 is 5.32 Å². The molecule has 1 heterocycles. The average Bonchev–Trinajstić information content (AvgIpc) is 2.37. The van der Waals surface area contributed by atoms with Gasteiger partial charge in [-0.1, -0.05) is 42.4 Å². The molecule has 0 aromatic rings. The van der Waals surface area contributed by atoms with E-state index < -0.39 is 12.0 Å². The second kappa shape index (κ2) is 7.99. The van der Waals surface area contributed by atoms with Gasteiger partial charge >= 0.3 is 12.0 Å². The molecule has 0 aromatic carbocycles. The molecule has 0 spiro atoms. The number of carboxylic acid groups (broad SMARTS) is 1. The van der Waals surface area contributed by atoms with Gasteiger partial charge in [0, 0.05) is 23.6 Å². The zero-order chi connectivity index (χ0) is 15.2. The van der Waals surface area contributed by atoms with E-state index in [0.29, 0.717) is 32.1 Å². The molecule has 1 rings (SSSR count). The Kier molecular flexibility index (Phi) is 6.97. The molecule has 1 atom stereocenters. The predicted molar refractivity (Wildman–Crippen MR) is 82.1 cm³/mol. The summed E-state index contributed by atoms with van der Waals surface area (Å²) in [6, 6.07) is -1.20. The normalized spacial score (nSPS) is 17.6. The lowest BCUT2D eigenvalue weighted by Gasteiger charge is -2.28. The Morgan fingerprint density at radius 3 is 2.45 bits per heavy atom. The van der Waals surface area contributed by atoms with Crippen molar-refractivity contribution in [2.75, 3.05) is 32.1 Å². The van der Waals surface area contributed by atoms with Crippen LogP contribution in [0.15, 0.2) is 0 Å².